The molecule has 2 aromatic carbocycles. The fourth-order valence-electron chi connectivity index (χ4n) is 2.50. The lowest BCUT2D eigenvalue weighted by Crippen LogP contribution is -2.01. The van der Waals surface area contributed by atoms with E-state index in [2.05, 4.69) is 20.3 Å². The number of H-pyrrole nitrogens is 1. The molecule has 6 nitrogen and oxygen atoms in total. The number of nitrogen functional groups attached to an aromatic ring is 1. The molecule has 0 bridgehead atoms. The molecule has 0 amide bonds. The summed E-state index contributed by atoms with van der Waals surface area (Å²) in [5.41, 5.74) is 9.26. The normalized spacial score (nSPS) is 10.8. The standard InChI is InChI=1S/C19H16ClN5O/c20-13-2-5-15(6-3-13)26-18-8-1-12(10-22-18)11-23-19-24-16-7-4-14(21)9-17(16)25-19/h1-10H,11,21H2,(H2,23,24,25). The van der Waals surface area contributed by atoms with E-state index in [4.69, 9.17) is 22.1 Å². The van der Waals surface area contributed by atoms with Crippen LogP contribution in [0, 0.1) is 0 Å². The number of hydrogen-bond acceptors (Lipinski definition) is 5. The van der Waals surface area contributed by atoms with Gasteiger partial charge in [0.1, 0.15) is 5.75 Å². The number of nitrogens with two attached hydrogens (primary N) is 1. The van der Waals surface area contributed by atoms with E-state index in [-0.39, 0.29) is 0 Å². The van der Waals surface area contributed by atoms with Crippen LogP contribution in [0.5, 0.6) is 11.6 Å². The van der Waals surface area contributed by atoms with Gasteiger partial charge in [0, 0.05) is 29.5 Å². The van der Waals surface area contributed by atoms with Crippen molar-refractivity contribution in [2.24, 2.45) is 0 Å². The van der Waals surface area contributed by atoms with Crippen molar-refractivity contribution in [3.63, 3.8) is 0 Å². The number of anilines is 2. The zero-order chi connectivity index (χ0) is 17.9. The molecular weight excluding hydrogens is 350 g/mol. The average molecular weight is 366 g/mol. The van der Waals surface area contributed by atoms with Gasteiger partial charge in [0.2, 0.25) is 11.8 Å². The number of benzene rings is 2. The summed E-state index contributed by atoms with van der Waals surface area (Å²) in [4.78, 5) is 12.0. The third-order valence-electron chi connectivity index (χ3n) is 3.80. The summed E-state index contributed by atoms with van der Waals surface area (Å²) in [6, 6.07) is 16.5. The maximum absolute atomic E-state index is 5.86. The molecule has 0 atom stereocenters. The third kappa shape index (κ3) is 3.70. The van der Waals surface area contributed by atoms with Gasteiger partial charge < -0.3 is 20.8 Å². The van der Waals surface area contributed by atoms with Crippen molar-refractivity contribution >= 4 is 34.3 Å². The number of rotatable bonds is 5. The molecule has 0 spiro atoms. The Hall–Kier alpha value is -3.25. The van der Waals surface area contributed by atoms with Gasteiger partial charge in [-0.15, -0.1) is 0 Å². The first-order valence-corrected chi connectivity index (χ1v) is 8.41. The van der Waals surface area contributed by atoms with Gasteiger partial charge in [-0.05, 0) is 48.0 Å². The van der Waals surface area contributed by atoms with Gasteiger partial charge in [-0.2, -0.15) is 0 Å². The van der Waals surface area contributed by atoms with Crippen molar-refractivity contribution in [1.82, 2.24) is 15.0 Å². The van der Waals surface area contributed by atoms with Crippen LogP contribution in [-0.2, 0) is 6.54 Å². The SMILES string of the molecule is Nc1ccc2nc(NCc3ccc(Oc4ccc(Cl)cc4)nc3)[nH]c2c1. The third-order valence-corrected chi connectivity index (χ3v) is 4.05. The van der Waals surface area contributed by atoms with E-state index in [0.717, 1.165) is 16.6 Å². The van der Waals surface area contributed by atoms with Gasteiger partial charge in [0.25, 0.3) is 0 Å². The number of aromatic nitrogens is 3. The summed E-state index contributed by atoms with van der Waals surface area (Å²) in [5, 5.41) is 3.91. The van der Waals surface area contributed by atoms with E-state index in [1.807, 2.05) is 30.3 Å². The zero-order valence-corrected chi connectivity index (χ0v) is 14.5. The molecule has 2 heterocycles. The number of halogens is 1. The van der Waals surface area contributed by atoms with Crippen LogP contribution >= 0.6 is 11.6 Å². The molecule has 0 fully saturated rings. The Morgan fingerprint density at radius 3 is 2.69 bits per heavy atom. The number of nitrogens with one attached hydrogen (secondary N) is 2. The van der Waals surface area contributed by atoms with Crippen molar-refractivity contribution in [1.29, 1.82) is 0 Å². The van der Waals surface area contributed by atoms with E-state index >= 15 is 0 Å². The number of ether oxygens (including phenoxy) is 1. The Morgan fingerprint density at radius 2 is 1.92 bits per heavy atom. The van der Waals surface area contributed by atoms with Gasteiger partial charge >= 0.3 is 0 Å². The van der Waals surface area contributed by atoms with Crippen molar-refractivity contribution in [3.8, 4) is 11.6 Å². The van der Waals surface area contributed by atoms with Gasteiger partial charge in [-0.3, -0.25) is 0 Å². The van der Waals surface area contributed by atoms with Crippen molar-refractivity contribution in [3.05, 3.63) is 71.4 Å². The zero-order valence-electron chi connectivity index (χ0n) is 13.7. The first kappa shape index (κ1) is 16.2. The van der Waals surface area contributed by atoms with Crippen LogP contribution in [0.4, 0.5) is 11.6 Å². The fourth-order valence-corrected chi connectivity index (χ4v) is 2.62. The molecule has 26 heavy (non-hydrogen) atoms. The summed E-state index contributed by atoms with van der Waals surface area (Å²) >= 11 is 5.86. The first-order valence-electron chi connectivity index (χ1n) is 8.03. The Balaban J connectivity index is 1.39. The Bertz CT molecular complexity index is 1030. The molecule has 4 aromatic rings. The van der Waals surface area contributed by atoms with Crippen LogP contribution < -0.4 is 15.8 Å². The summed E-state index contributed by atoms with van der Waals surface area (Å²) in [7, 11) is 0. The van der Waals surface area contributed by atoms with Crippen molar-refractivity contribution in [2.45, 2.75) is 6.54 Å². The average Bonchev–Trinajstić information content (AvgIpc) is 3.05. The van der Waals surface area contributed by atoms with Gasteiger partial charge in [0.15, 0.2) is 0 Å². The van der Waals surface area contributed by atoms with Crippen LogP contribution in [0.1, 0.15) is 5.56 Å². The molecule has 0 aliphatic heterocycles. The highest BCUT2D eigenvalue weighted by Gasteiger charge is 2.04. The topological polar surface area (TPSA) is 88.8 Å². The summed E-state index contributed by atoms with van der Waals surface area (Å²) in [6.07, 6.45) is 1.76. The van der Waals surface area contributed by atoms with Crippen molar-refractivity contribution < 1.29 is 4.74 Å². The molecule has 0 unspecified atom stereocenters. The maximum Gasteiger partial charge on any atom is 0.219 e. The number of pyridine rings is 1. The predicted molar refractivity (Wildman–Crippen MR) is 104 cm³/mol. The van der Waals surface area contributed by atoms with Crippen LogP contribution in [-0.4, -0.2) is 15.0 Å². The lowest BCUT2D eigenvalue weighted by molar-refractivity contribution is 0.462. The van der Waals surface area contributed by atoms with Crippen LogP contribution in [0.2, 0.25) is 5.02 Å². The number of imidazole rings is 1. The van der Waals surface area contributed by atoms with Gasteiger partial charge in [-0.25, -0.2) is 9.97 Å². The minimum absolute atomic E-state index is 0.523. The second-order valence-corrected chi connectivity index (χ2v) is 6.21. The molecule has 0 radical (unpaired) electrons. The van der Waals surface area contributed by atoms with Gasteiger partial charge in [0.05, 0.1) is 11.0 Å². The smallest absolute Gasteiger partial charge is 0.219 e. The Labute approximate surface area is 155 Å². The minimum Gasteiger partial charge on any atom is -0.439 e. The molecule has 0 saturated heterocycles. The molecule has 4 N–H and O–H groups in total. The number of nitrogens with zero attached hydrogens (tertiary/aromatic N) is 2. The minimum atomic E-state index is 0.523. The van der Waals surface area contributed by atoms with E-state index in [1.54, 1.807) is 30.5 Å². The molecular formula is C19H16ClN5O. The highest BCUT2D eigenvalue weighted by atomic mass is 35.5. The van der Waals surface area contributed by atoms with E-state index in [1.165, 1.54) is 0 Å². The molecule has 130 valence electrons. The molecule has 7 heteroatoms. The number of fused-ring (bicyclic) bond motifs is 1. The summed E-state index contributed by atoms with van der Waals surface area (Å²) in [6.45, 7) is 0.587. The van der Waals surface area contributed by atoms with E-state index in [9.17, 15) is 0 Å². The summed E-state index contributed by atoms with van der Waals surface area (Å²) < 4.78 is 5.68. The quantitative estimate of drug-likeness (QED) is 0.450. The number of hydrogen-bond donors (Lipinski definition) is 3. The number of aromatic amines is 1. The largest absolute Gasteiger partial charge is 0.439 e. The summed E-state index contributed by atoms with van der Waals surface area (Å²) in [5.74, 6) is 1.90. The van der Waals surface area contributed by atoms with Crippen LogP contribution in [0.15, 0.2) is 60.8 Å². The second-order valence-electron chi connectivity index (χ2n) is 5.78. The van der Waals surface area contributed by atoms with Crippen molar-refractivity contribution in [2.75, 3.05) is 11.1 Å². The Morgan fingerprint density at radius 1 is 1.08 bits per heavy atom. The second kappa shape index (κ2) is 6.93. The highest BCUT2D eigenvalue weighted by molar-refractivity contribution is 6.30. The molecule has 0 aliphatic carbocycles. The van der Waals surface area contributed by atoms with Crippen LogP contribution in [0.3, 0.4) is 0 Å². The predicted octanol–water partition coefficient (Wildman–Crippen LogP) is 4.60. The van der Waals surface area contributed by atoms with Gasteiger partial charge in [-0.1, -0.05) is 17.7 Å². The molecule has 0 aliphatic rings. The van der Waals surface area contributed by atoms with E-state index in [0.29, 0.717) is 34.8 Å². The maximum atomic E-state index is 5.86. The lowest BCUT2D eigenvalue weighted by atomic mass is 10.3. The first-order chi connectivity index (χ1) is 12.7. The molecule has 2 aromatic heterocycles. The highest BCUT2D eigenvalue weighted by Crippen LogP contribution is 2.22. The molecule has 0 saturated carbocycles. The lowest BCUT2D eigenvalue weighted by Gasteiger charge is -2.06. The molecule has 4 rings (SSSR count). The van der Waals surface area contributed by atoms with E-state index < -0.39 is 0 Å². The van der Waals surface area contributed by atoms with Crippen LogP contribution in [0.25, 0.3) is 11.0 Å². The Kier molecular flexibility index (Phi) is 4.33. The fraction of sp³-hybridized carbons (Fsp3) is 0.0526. The monoisotopic (exact) mass is 365 g/mol.